The molecule has 1 N–H and O–H groups in total. The number of hydrogen-bond donors (Lipinski definition) is 1. The van der Waals surface area contributed by atoms with E-state index in [9.17, 15) is 4.39 Å². The molecule has 1 aromatic rings. The Bertz CT molecular complexity index is 413. The molecular formula is C17H26FNO. The first-order valence-electron chi connectivity index (χ1n) is 7.90. The van der Waals surface area contributed by atoms with Crippen molar-refractivity contribution in [1.82, 2.24) is 5.32 Å². The van der Waals surface area contributed by atoms with Crippen LogP contribution in [0.25, 0.3) is 0 Å². The van der Waals surface area contributed by atoms with Crippen LogP contribution in [0.1, 0.15) is 64.0 Å². The quantitative estimate of drug-likeness (QED) is 0.795. The number of rotatable bonds is 5. The fraction of sp³-hybridized carbons (Fsp3) is 0.647. The SMILES string of the molecule is CCNC(C)c1cccc(F)c1OC1CCCCCC1. The Hall–Kier alpha value is -1.09. The molecular weight excluding hydrogens is 253 g/mol. The Morgan fingerprint density at radius 2 is 1.95 bits per heavy atom. The zero-order chi connectivity index (χ0) is 14.4. The maximum absolute atomic E-state index is 14.2. The highest BCUT2D eigenvalue weighted by atomic mass is 19.1. The van der Waals surface area contributed by atoms with Gasteiger partial charge in [0, 0.05) is 11.6 Å². The number of halogens is 1. The second-order valence-corrected chi connectivity index (χ2v) is 5.67. The van der Waals surface area contributed by atoms with Gasteiger partial charge in [-0.05, 0) is 45.2 Å². The van der Waals surface area contributed by atoms with Crippen LogP contribution < -0.4 is 10.1 Å². The first-order valence-corrected chi connectivity index (χ1v) is 7.90. The number of benzene rings is 1. The van der Waals surface area contributed by atoms with Crippen LogP contribution in [0.2, 0.25) is 0 Å². The van der Waals surface area contributed by atoms with Crippen LogP contribution >= 0.6 is 0 Å². The molecule has 3 heteroatoms. The Morgan fingerprint density at radius 1 is 1.25 bits per heavy atom. The smallest absolute Gasteiger partial charge is 0.165 e. The van der Waals surface area contributed by atoms with Crippen molar-refractivity contribution in [3.05, 3.63) is 29.6 Å². The summed E-state index contributed by atoms with van der Waals surface area (Å²) in [7, 11) is 0. The Kier molecular flexibility index (Phi) is 5.84. The summed E-state index contributed by atoms with van der Waals surface area (Å²) in [5.74, 6) is 0.212. The second-order valence-electron chi connectivity index (χ2n) is 5.67. The van der Waals surface area contributed by atoms with Crippen molar-refractivity contribution in [2.45, 2.75) is 64.5 Å². The summed E-state index contributed by atoms with van der Waals surface area (Å²) in [6.45, 7) is 4.97. The molecule has 1 aliphatic carbocycles. The average molecular weight is 279 g/mol. The van der Waals surface area contributed by atoms with Crippen molar-refractivity contribution in [3.8, 4) is 5.75 Å². The molecule has 1 aromatic carbocycles. The van der Waals surface area contributed by atoms with Crippen molar-refractivity contribution >= 4 is 0 Å². The Morgan fingerprint density at radius 3 is 2.60 bits per heavy atom. The molecule has 0 heterocycles. The van der Waals surface area contributed by atoms with Gasteiger partial charge in [0.15, 0.2) is 11.6 Å². The van der Waals surface area contributed by atoms with Gasteiger partial charge in [-0.3, -0.25) is 0 Å². The molecule has 1 unspecified atom stereocenters. The Balaban J connectivity index is 2.16. The van der Waals surface area contributed by atoms with Gasteiger partial charge in [0.1, 0.15) is 0 Å². The maximum Gasteiger partial charge on any atom is 0.165 e. The summed E-state index contributed by atoms with van der Waals surface area (Å²) in [4.78, 5) is 0. The van der Waals surface area contributed by atoms with Crippen LogP contribution in [-0.2, 0) is 0 Å². The molecule has 0 radical (unpaired) electrons. The summed E-state index contributed by atoms with van der Waals surface area (Å²) in [5, 5.41) is 3.33. The van der Waals surface area contributed by atoms with Gasteiger partial charge < -0.3 is 10.1 Å². The van der Waals surface area contributed by atoms with Gasteiger partial charge in [0.25, 0.3) is 0 Å². The molecule has 1 atom stereocenters. The summed E-state index contributed by atoms with van der Waals surface area (Å²) in [6, 6.07) is 5.33. The lowest BCUT2D eigenvalue weighted by molar-refractivity contribution is 0.173. The molecule has 2 nitrogen and oxygen atoms in total. The van der Waals surface area contributed by atoms with E-state index in [1.807, 2.05) is 6.07 Å². The van der Waals surface area contributed by atoms with Crippen molar-refractivity contribution in [2.75, 3.05) is 6.54 Å². The largest absolute Gasteiger partial charge is 0.487 e. The van der Waals surface area contributed by atoms with Crippen LogP contribution in [0.3, 0.4) is 0 Å². The highest BCUT2D eigenvalue weighted by molar-refractivity contribution is 5.37. The number of nitrogens with one attached hydrogen (secondary N) is 1. The average Bonchev–Trinajstić information content (AvgIpc) is 2.70. The molecule has 1 fully saturated rings. The normalized spacial score (nSPS) is 18.6. The van der Waals surface area contributed by atoms with Crippen LogP contribution in [0, 0.1) is 5.82 Å². The van der Waals surface area contributed by atoms with E-state index in [0.29, 0.717) is 5.75 Å². The van der Waals surface area contributed by atoms with E-state index >= 15 is 0 Å². The number of para-hydroxylation sites is 1. The van der Waals surface area contributed by atoms with Crippen molar-refractivity contribution in [3.63, 3.8) is 0 Å². The third kappa shape index (κ3) is 3.95. The lowest BCUT2D eigenvalue weighted by Crippen LogP contribution is -2.21. The number of ether oxygens (including phenoxy) is 1. The maximum atomic E-state index is 14.2. The minimum absolute atomic E-state index is 0.108. The predicted octanol–water partition coefficient (Wildman–Crippen LogP) is 4.60. The van der Waals surface area contributed by atoms with E-state index in [4.69, 9.17) is 4.74 Å². The van der Waals surface area contributed by atoms with Crippen LogP contribution in [0.5, 0.6) is 5.75 Å². The van der Waals surface area contributed by atoms with Gasteiger partial charge in [-0.1, -0.05) is 31.9 Å². The fourth-order valence-corrected chi connectivity index (χ4v) is 2.93. The van der Waals surface area contributed by atoms with Gasteiger partial charge in [0.2, 0.25) is 0 Å². The van der Waals surface area contributed by atoms with Crippen molar-refractivity contribution in [2.24, 2.45) is 0 Å². The highest BCUT2D eigenvalue weighted by Crippen LogP contribution is 2.31. The van der Waals surface area contributed by atoms with Crippen LogP contribution in [0.15, 0.2) is 18.2 Å². The minimum Gasteiger partial charge on any atom is -0.487 e. The fourth-order valence-electron chi connectivity index (χ4n) is 2.93. The van der Waals surface area contributed by atoms with Crippen molar-refractivity contribution in [1.29, 1.82) is 0 Å². The van der Waals surface area contributed by atoms with Crippen LogP contribution in [0.4, 0.5) is 4.39 Å². The van der Waals surface area contributed by atoms with Gasteiger partial charge >= 0.3 is 0 Å². The van der Waals surface area contributed by atoms with E-state index < -0.39 is 0 Å². The molecule has 0 spiro atoms. The highest BCUT2D eigenvalue weighted by Gasteiger charge is 2.20. The molecule has 0 saturated heterocycles. The second kappa shape index (κ2) is 7.63. The first-order chi connectivity index (χ1) is 9.72. The predicted molar refractivity (Wildman–Crippen MR) is 80.6 cm³/mol. The Labute approximate surface area is 121 Å². The van der Waals surface area contributed by atoms with Gasteiger partial charge in [-0.25, -0.2) is 4.39 Å². The monoisotopic (exact) mass is 279 g/mol. The summed E-state index contributed by atoms with van der Waals surface area (Å²) in [5.41, 5.74) is 0.927. The van der Waals surface area contributed by atoms with E-state index in [2.05, 4.69) is 19.2 Å². The molecule has 0 aliphatic heterocycles. The molecule has 20 heavy (non-hydrogen) atoms. The van der Waals surface area contributed by atoms with E-state index in [-0.39, 0.29) is 18.0 Å². The van der Waals surface area contributed by atoms with Gasteiger partial charge in [0.05, 0.1) is 6.10 Å². The minimum atomic E-state index is -0.239. The topological polar surface area (TPSA) is 21.3 Å². The van der Waals surface area contributed by atoms with Crippen LogP contribution in [-0.4, -0.2) is 12.6 Å². The molecule has 1 aliphatic rings. The van der Waals surface area contributed by atoms with E-state index in [0.717, 1.165) is 24.9 Å². The van der Waals surface area contributed by atoms with E-state index in [1.54, 1.807) is 6.07 Å². The third-order valence-electron chi connectivity index (χ3n) is 4.06. The molecule has 0 aromatic heterocycles. The van der Waals surface area contributed by atoms with E-state index in [1.165, 1.54) is 31.7 Å². The van der Waals surface area contributed by atoms with Crippen molar-refractivity contribution < 1.29 is 9.13 Å². The molecule has 1 saturated carbocycles. The lowest BCUT2D eigenvalue weighted by atomic mass is 10.1. The standard InChI is InChI=1S/C17H26FNO/c1-3-19-13(2)15-11-8-12-16(18)17(15)20-14-9-6-4-5-7-10-14/h8,11-14,19H,3-7,9-10H2,1-2H3. The third-order valence-corrected chi connectivity index (χ3v) is 4.06. The van der Waals surface area contributed by atoms with Gasteiger partial charge in [-0.2, -0.15) is 0 Å². The lowest BCUT2D eigenvalue weighted by Gasteiger charge is -2.22. The summed E-state index contributed by atoms with van der Waals surface area (Å²) >= 11 is 0. The van der Waals surface area contributed by atoms with Gasteiger partial charge in [-0.15, -0.1) is 0 Å². The molecule has 112 valence electrons. The zero-order valence-electron chi connectivity index (χ0n) is 12.6. The molecule has 2 rings (SSSR count). The first kappa shape index (κ1) is 15.3. The zero-order valence-corrected chi connectivity index (χ0v) is 12.6. The summed E-state index contributed by atoms with van der Waals surface area (Å²) < 4.78 is 20.2. The number of hydrogen-bond acceptors (Lipinski definition) is 2. The summed E-state index contributed by atoms with van der Waals surface area (Å²) in [6.07, 6.45) is 7.19. The molecule has 0 amide bonds. The molecule has 0 bridgehead atoms.